The van der Waals surface area contributed by atoms with Crippen LogP contribution in [0.4, 0.5) is 0 Å². The molecule has 0 spiro atoms. The number of H-pyrrole nitrogens is 1. The monoisotopic (exact) mass is 213 g/mol. The van der Waals surface area contributed by atoms with Crippen molar-refractivity contribution in [3.8, 4) is 5.75 Å². The molecule has 3 nitrogen and oxygen atoms in total. The highest BCUT2D eigenvalue weighted by Crippen LogP contribution is 2.28. The summed E-state index contributed by atoms with van der Waals surface area (Å²) in [6.45, 7) is 2.08. The van der Waals surface area contributed by atoms with Crippen LogP contribution in [-0.2, 0) is 7.05 Å². The molecule has 3 rings (SSSR count). The quantitative estimate of drug-likeness (QED) is 0.552. The lowest BCUT2D eigenvalue weighted by molar-refractivity contribution is -0.676. The van der Waals surface area contributed by atoms with Crippen LogP contribution in [0, 0.1) is 6.92 Å². The average molecular weight is 213 g/mol. The molecule has 16 heavy (non-hydrogen) atoms. The van der Waals surface area contributed by atoms with Crippen molar-refractivity contribution in [1.82, 2.24) is 4.98 Å². The molecule has 0 saturated carbocycles. The summed E-state index contributed by atoms with van der Waals surface area (Å²) in [6, 6.07) is 7.52. The minimum absolute atomic E-state index is 0.293. The summed E-state index contributed by atoms with van der Waals surface area (Å²) in [4.78, 5) is 3.35. The zero-order valence-electron chi connectivity index (χ0n) is 9.28. The number of rotatable bonds is 0. The Hall–Kier alpha value is -2.03. The van der Waals surface area contributed by atoms with E-state index >= 15 is 0 Å². The van der Waals surface area contributed by atoms with E-state index in [2.05, 4.69) is 28.7 Å². The van der Waals surface area contributed by atoms with Crippen molar-refractivity contribution < 1.29 is 9.67 Å². The van der Waals surface area contributed by atoms with Crippen LogP contribution in [0.5, 0.6) is 5.75 Å². The first-order valence-corrected chi connectivity index (χ1v) is 5.26. The van der Waals surface area contributed by atoms with Gasteiger partial charge in [-0.15, -0.1) is 0 Å². The number of phenolic OH excluding ortho intramolecular Hbond substituents is 1. The molecular weight excluding hydrogens is 200 g/mol. The average Bonchev–Trinajstić information content (AvgIpc) is 2.62. The maximum atomic E-state index is 9.45. The molecule has 3 heteroatoms. The van der Waals surface area contributed by atoms with E-state index in [-0.39, 0.29) is 0 Å². The van der Waals surface area contributed by atoms with E-state index in [9.17, 15) is 5.11 Å². The Morgan fingerprint density at radius 3 is 2.81 bits per heavy atom. The van der Waals surface area contributed by atoms with E-state index in [0.717, 1.165) is 16.4 Å². The molecule has 0 atom stereocenters. The number of nitrogens with zero attached hydrogens (tertiary/aromatic N) is 1. The lowest BCUT2D eigenvalue weighted by Crippen LogP contribution is -2.31. The van der Waals surface area contributed by atoms with Crippen LogP contribution in [0.15, 0.2) is 30.5 Å². The maximum Gasteiger partial charge on any atom is 0.202 e. The van der Waals surface area contributed by atoms with Crippen molar-refractivity contribution in [1.29, 1.82) is 0 Å². The van der Waals surface area contributed by atoms with Gasteiger partial charge in [0.15, 0.2) is 6.20 Å². The third-order valence-corrected chi connectivity index (χ3v) is 3.18. The van der Waals surface area contributed by atoms with Crippen molar-refractivity contribution in [2.24, 2.45) is 7.05 Å². The van der Waals surface area contributed by atoms with Gasteiger partial charge in [-0.25, -0.2) is 4.57 Å². The standard InChI is InChI=1S/C13H12N2O/c1-8-13-11(5-6-15(8)2)10-4-3-9(16)7-12(10)14-13/h3-7H,1-2H3,(H,14,16)/p+1. The fourth-order valence-electron chi connectivity index (χ4n) is 2.14. The summed E-state index contributed by atoms with van der Waals surface area (Å²) < 4.78 is 2.08. The number of hydrogen-bond acceptors (Lipinski definition) is 1. The molecule has 0 saturated heterocycles. The van der Waals surface area contributed by atoms with Gasteiger partial charge in [-0.1, -0.05) is 0 Å². The van der Waals surface area contributed by atoms with Gasteiger partial charge in [0.1, 0.15) is 18.3 Å². The number of aromatic amines is 1. The SMILES string of the molecule is Cc1c2[nH]c3cc(O)ccc3c2cc[n+]1C. The highest BCUT2D eigenvalue weighted by molar-refractivity contribution is 6.07. The number of benzene rings is 1. The van der Waals surface area contributed by atoms with Crippen LogP contribution in [0.25, 0.3) is 21.8 Å². The van der Waals surface area contributed by atoms with E-state index in [1.807, 2.05) is 13.1 Å². The second kappa shape index (κ2) is 2.98. The number of fused-ring (bicyclic) bond motifs is 3. The van der Waals surface area contributed by atoms with Gasteiger partial charge in [0.2, 0.25) is 5.69 Å². The first-order valence-electron chi connectivity index (χ1n) is 5.26. The molecule has 80 valence electrons. The number of aryl methyl sites for hydroxylation is 2. The normalized spacial score (nSPS) is 11.4. The van der Waals surface area contributed by atoms with Gasteiger partial charge < -0.3 is 10.1 Å². The number of nitrogens with one attached hydrogen (secondary N) is 1. The van der Waals surface area contributed by atoms with Gasteiger partial charge in [0.25, 0.3) is 0 Å². The van der Waals surface area contributed by atoms with Crippen LogP contribution in [0.3, 0.4) is 0 Å². The second-order valence-electron chi connectivity index (χ2n) is 4.16. The molecular formula is C13H13N2O+. The van der Waals surface area contributed by atoms with E-state index in [0.29, 0.717) is 5.75 Å². The van der Waals surface area contributed by atoms with Gasteiger partial charge in [-0.05, 0) is 12.1 Å². The summed E-state index contributed by atoms with van der Waals surface area (Å²) in [5, 5.41) is 11.8. The fourth-order valence-corrected chi connectivity index (χ4v) is 2.14. The number of hydrogen-bond donors (Lipinski definition) is 2. The molecule has 0 unspecified atom stereocenters. The van der Waals surface area contributed by atoms with Crippen LogP contribution in [-0.4, -0.2) is 10.1 Å². The van der Waals surface area contributed by atoms with Crippen molar-refractivity contribution in [3.63, 3.8) is 0 Å². The second-order valence-corrected chi connectivity index (χ2v) is 4.16. The van der Waals surface area contributed by atoms with Gasteiger partial charge >= 0.3 is 0 Å². The summed E-state index contributed by atoms with van der Waals surface area (Å²) in [5.74, 6) is 0.293. The Morgan fingerprint density at radius 1 is 1.19 bits per heavy atom. The Labute approximate surface area is 93.0 Å². The Morgan fingerprint density at radius 2 is 2.00 bits per heavy atom. The molecule has 0 aliphatic rings. The molecule has 3 aromatic rings. The van der Waals surface area contributed by atoms with Crippen LogP contribution >= 0.6 is 0 Å². The molecule has 2 N–H and O–H groups in total. The first kappa shape index (κ1) is 9.21. The molecule has 0 aliphatic heterocycles. The summed E-state index contributed by atoms with van der Waals surface area (Å²) in [5.41, 5.74) is 3.29. The lowest BCUT2D eigenvalue weighted by atomic mass is 10.1. The topological polar surface area (TPSA) is 39.9 Å². The Kier molecular flexibility index (Phi) is 1.72. The van der Waals surface area contributed by atoms with E-state index in [1.54, 1.807) is 12.1 Å². The molecule has 0 fully saturated rings. The Balaban J connectivity index is 2.55. The van der Waals surface area contributed by atoms with Gasteiger partial charge in [0.05, 0.1) is 5.52 Å². The van der Waals surface area contributed by atoms with Gasteiger partial charge in [-0.2, -0.15) is 0 Å². The number of aromatic nitrogens is 2. The minimum atomic E-state index is 0.293. The molecule has 0 amide bonds. The molecule has 1 aromatic carbocycles. The molecule has 0 aliphatic carbocycles. The number of aromatic hydroxyl groups is 1. The summed E-state index contributed by atoms with van der Waals surface area (Å²) in [6.07, 6.45) is 2.05. The predicted octanol–water partition coefficient (Wildman–Crippen LogP) is 2.16. The third kappa shape index (κ3) is 1.11. The smallest absolute Gasteiger partial charge is 0.202 e. The number of pyridine rings is 1. The van der Waals surface area contributed by atoms with E-state index in [4.69, 9.17) is 0 Å². The van der Waals surface area contributed by atoms with E-state index in [1.165, 1.54) is 11.1 Å². The van der Waals surface area contributed by atoms with E-state index < -0.39 is 0 Å². The van der Waals surface area contributed by atoms with Crippen molar-refractivity contribution in [3.05, 3.63) is 36.2 Å². The Bertz CT molecular complexity index is 698. The van der Waals surface area contributed by atoms with Crippen LogP contribution < -0.4 is 4.57 Å². The largest absolute Gasteiger partial charge is 0.508 e. The highest BCUT2D eigenvalue weighted by Gasteiger charge is 2.12. The zero-order chi connectivity index (χ0) is 11.3. The minimum Gasteiger partial charge on any atom is -0.508 e. The van der Waals surface area contributed by atoms with Gasteiger partial charge in [-0.3, -0.25) is 0 Å². The fraction of sp³-hybridized carbons (Fsp3) is 0.154. The molecule has 0 radical (unpaired) electrons. The maximum absolute atomic E-state index is 9.45. The molecule has 2 aromatic heterocycles. The predicted molar refractivity (Wildman–Crippen MR) is 63.4 cm³/mol. The summed E-state index contributed by atoms with van der Waals surface area (Å²) >= 11 is 0. The molecule has 2 heterocycles. The third-order valence-electron chi connectivity index (χ3n) is 3.18. The van der Waals surface area contributed by atoms with Gasteiger partial charge in [0, 0.05) is 29.8 Å². The van der Waals surface area contributed by atoms with Crippen LogP contribution in [0.1, 0.15) is 5.69 Å². The summed E-state index contributed by atoms with van der Waals surface area (Å²) in [7, 11) is 2.03. The van der Waals surface area contributed by atoms with Crippen LogP contribution in [0.2, 0.25) is 0 Å². The lowest BCUT2D eigenvalue weighted by Gasteiger charge is -1.94. The van der Waals surface area contributed by atoms with Crippen molar-refractivity contribution in [2.75, 3.05) is 0 Å². The first-order chi connectivity index (χ1) is 7.66. The highest BCUT2D eigenvalue weighted by atomic mass is 16.3. The van der Waals surface area contributed by atoms with Crippen molar-refractivity contribution >= 4 is 21.8 Å². The number of phenols is 1. The molecule has 0 bridgehead atoms. The van der Waals surface area contributed by atoms with Crippen molar-refractivity contribution in [2.45, 2.75) is 6.92 Å². The zero-order valence-corrected chi connectivity index (χ0v) is 9.28.